The molecule has 0 fully saturated rings. The van der Waals surface area contributed by atoms with Gasteiger partial charge in [-0.05, 0) is 54.6 Å². The van der Waals surface area contributed by atoms with Gasteiger partial charge in [0.1, 0.15) is 0 Å². The predicted octanol–water partition coefficient (Wildman–Crippen LogP) is 4.39. The van der Waals surface area contributed by atoms with Gasteiger partial charge < -0.3 is 10.6 Å². The monoisotopic (exact) mass is 507 g/mol. The van der Waals surface area contributed by atoms with E-state index in [-0.39, 0.29) is 10.9 Å². The van der Waals surface area contributed by atoms with Crippen LogP contribution in [0.25, 0.3) is 0 Å². The summed E-state index contributed by atoms with van der Waals surface area (Å²) in [6.07, 6.45) is 6.76. The number of anilines is 3. The van der Waals surface area contributed by atoms with Gasteiger partial charge in [-0.2, -0.15) is 11.8 Å². The Hall–Kier alpha value is -2.92. The van der Waals surface area contributed by atoms with Crippen LogP contribution in [0.2, 0.25) is 0 Å². The van der Waals surface area contributed by atoms with Crippen molar-refractivity contribution in [3.05, 3.63) is 48.5 Å². The zero-order valence-corrected chi connectivity index (χ0v) is 20.9. The third-order valence-electron chi connectivity index (χ3n) is 4.74. The van der Waals surface area contributed by atoms with Crippen LogP contribution in [-0.4, -0.2) is 38.9 Å². The highest BCUT2D eigenvalue weighted by Gasteiger charge is 2.15. The number of benzene rings is 2. The lowest BCUT2D eigenvalue weighted by atomic mass is 10.2. The lowest BCUT2D eigenvalue weighted by molar-refractivity contribution is -0.109. The van der Waals surface area contributed by atoms with Gasteiger partial charge >= 0.3 is 6.03 Å². The largest absolute Gasteiger partial charge is 0.337 e. The minimum absolute atomic E-state index is 0.0220. The first-order chi connectivity index (χ1) is 16.4. The van der Waals surface area contributed by atoms with Crippen LogP contribution in [0.1, 0.15) is 39.0 Å². The molecule has 0 radical (unpaired) electrons. The molecule has 3 amide bonds. The number of nitrogens with one attached hydrogen (secondary N) is 5. The van der Waals surface area contributed by atoms with E-state index in [4.69, 9.17) is 0 Å². The lowest BCUT2D eigenvalue weighted by Gasteiger charge is -2.11. The quantitative estimate of drug-likeness (QED) is 0.130. The molecule has 0 heterocycles. The molecule has 34 heavy (non-hydrogen) atoms. The van der Waals surface area contributed by atoms with Crippen molar-refractivity contribution in [2.24, 2.45) is 0 Å². The van der Waals surface area contributed by atoms with E-state index < -0.39 is 10.0 Å². The number of hydrogen-bond donors (Lipinski definition) is 5. The minimum Gasteiger partial charge on any atom is -0.337 e. The lowest BCUT2D eigenvalue weighted by Crippen LogP contribution is -2.30. The second-order valence-corrected chi connectivity index (χ2v) is 10.4. The Morgan fingerprint density at radius 2 is 1.68 bits per heavy atom. The van der Waals surface area contributed by atoms with Crippen molar-refractivity contribution in [1.29, 1.82) is 0 Å². The summed E-state index contributed by atoms with van der Waals surface area (Å²) in [6, 6.07) is 12.0. The van der Waals surface area contributed by atoms with Crippen LogP contribution in [0.4, 0.5) is 21.9 Å². The first-order valence-corrected chi connectivity index (χ1v) is 13.9. The van der Waals surface area contributed by atoms with Crippen LogP contribution in [0.15, 0.2) is 53.4 Å². The number of carbonyl (C=O) groups is 2. The number of urea groups is 1. The molecule has 0 atom stereocenters. The molecule has 0 spiro atoms. The van der Waals surface area contributed by atoms with Gasteiger partial charge in [0.05, 0.1) is 10.6 Å². The Morgan fingerprint density at radius 1 is 0.941 bits per heavy atom. The molecule has 11 heteroatoms. The highest BCUT2D eigenvalue weighted by Crippen LogP contribution is 2.20. The number of unbranched alkanes of at least 4 members (excludes halogenated alkanes) is 4. The number of thioether (sulfide) groups is 1. The molecule has 0 aromatic heterocycles. The predicted molar refractivity (Wildman–Crippen MR) is 140 cm³/mol. The molecule has 0 saturated heterocycles. The molecule has 0 aliphatic heterocycles. The third kappa shape index (κ3) is 10.3. The molecule has 2 rings (SSSR count). The summed E-state index contributed by atoms with van der Waals surface area (Å²) in [6.45, 7) is 2.74. The molecule has 0 saturated carbocycles. The van der Waals surface area contributed by atoms with Crippen molar-refractivity contribution in [2.75, 3.05) is 33.5 Å². The van der Waals surface area contributed by atoms with E-state index in [1.807, 2.05) is 11.8 Å². The van der Waals surface area contributed by atoms with Crippen LogP contribution >= 0.6 is 11.8 Å². The second kappa shape index (κ2) is 15.1. The topological polar surface area (TPSA) is 128 Å². The molecule has 0 unspecified atom stereocenters. The number of amides is 3. The van der Waals surface area contributed by atoms with Gasteiger partial charge in [0.25, 0.3) is 10.0 Å². The van der Waals surface area contributed by atoms with Crippen LogP contribution in [0.5, 0.6) is 0 Å². The Balaban J connectivity index is 1.79. The van der Waals surface area contributed by atoms with E-state index in [1.165, 1.54) is 44.2 Å². The maximum Gasteiger partial charge on any atom is 0.319 e. The van der Waals surface area contributed by atoms with Crippen LogP contribution in [0.3, 0.4) is 0 Å². The zero-order valence-electron chi connectivity index (χ0n) is 19.3. The smallest absolute Gasteiger partial charge is 0.319 e. The Bertz CT molecular complexity index is 1000. The maximum atomic E-state index is 12.7. The van der Waals surface area contributed by atoms with E-state index in [0.717, 1.165) is 11.5 Å². The first-order valence-electron chi connectivity index (χ1n) is 11.3. The van der Waals surface area contributed by atoms with E-state index in [1.54, 1.807) is 36.4 Å². The second-order valence-electron chi connectivity index (χ2n) is 7.51. The molecule has 0 bridgehead atoms. The minimum atomic E-state index is -3.85. The molecular formula is C23H33N5O4S2. The maximum absolute atomic E-state index is 12.7. The van der Waals surface area contributed by atoms with Crippen LogP contribution in [0, 0.1) is 0 Å². The Morgan fingerprint density at radius 3 is 2.41 bits per heavy atom. The van der Waals surface area contributed by atoms with Crippen molar-refractivity contribution in [3.63, 3.8) is 0 Å². The van der Waals surface area contributed by atoms with Crippen LogP contribution in [-0.2, 0) is 14.8 Å². The summed E-state index contributed by atoms with van der Waals surface area (Å²) < 4.78 is 28.0. The van der Waals surface area contributed by atoms with E-state index in [9.17, 15) is 18.0 Å². The summed E-state index contributed by atoms with van der Waals surface area (Å²) in [5.74, 6) is 1.92. The van der Waals surface area contributed by atoms with Gasteiger partial charge in [-0.15, -0.1) is 0 Å². The fraction of sp³-hybridized carbons (Fsp3) is 0.391. The summed E-state index contributed by atoms with van der Waals surface area (Å²) in [4.78, 5) is 22.5. The van der Waals surface area contributed by atoms with Crippen molar-refractivity contribution < 1.29 is 18.0 Å². The third-order valence-corrected chi connectivity index (χ3v) is 7.19. The summed E-state index contributed by atoms with van der Waals surface area (Å²) in [7, 11) is -3.85. The van der Waals surface area contributed by atoms with Crippen molar-refractivity contribution >= 4 is 51.3 Å². The Labute approximate surface area is 205 Å². The highest BCUT2D eigenvalue weighted by atomic mass is 32.2. The van der Waals surface area contributed by atoms with Gasteiger partial charge in [-0.3, -0.25) is 20.4 Å². The van der Waals surface area contributed by atoms with Crippen LogP contribution < -0.4 is 26.2 Å². The molecule has 0 aliphatic carbocycles. The molecular weight excluding hydrogens is 474 g/mol. The standard InChI is InChI=1S/C23H33N5O4S2/c1-2-3-4-5-6-15-33-16-14-24-23(30)26-21-8-7-9-22(17-21)34(31,32)28-20-12-10-19(11-13-20)27-25-18-29/h7-13,17-18,27-28H,2-6,14-16H2,1H3,(H,25,29)(H2,24,26,30). The molecule has 186 valence electrons. The average molecular weight is 508 g/mol. The van der Waals surface area contributed by atoms with Gasteiger partial charge in [0.15, 0.2) is 0 Å². The number of sulfonamides is 1. The summed E-state index contributed by atoms with van der Waals surface area (Å²) in [5, 5.41) is 5.47. The van der Waals surface area contributed by atoms with Crippen molar-refractivity contribution in [3.8, 4) is 0 Å². The van der Waals surface area contributed by atoms with E-state index in [0.29, 0.717) is 30.0 Å². The number of hydrogen-bond acceptors (Lipinski definition) is 6. The van der Waals surface area contributed by atoms with Crippen molar-refractivity contribution in [2.45, 2.75) is 43.9 Å². The van der Waals surface area contributed by atoms with Gasteiger partial charge in [-0.25, -0.2) is 13.2 Å². The fourth-order valence-corrected chi connectivity index (χ4v) is 4.97. The van der Waals surface area contributed by atoms with Gasteiger partial charge in [0.2, 0.25) is 6.41 Å². The number of carbonyl (C=O) groups excluding carboxylic acids is 2. The number of hydrazine groups is 1. The van der Waals surface area contributed by atoms with Gasteiger partial charge in [0, 0.05) is 23.7 Å². The van der Waals surface area contributed by atoms with E-state index in [2.05, 4.69) is 33.1 Å². The molecule has 0 aliphatic rings. The van der Waals surface area contributed by atoms with E-state index >= 15 is 0 Å². The molecule has 9 nitrogen and oxygen atoms in total. The SMILES string of the molecule is CCCCCCCSCCNC(=O)Nc1cccc(S(=O)(=O)Nc2ccc(NNC=O)cc2)c1. The normalized spacial score (nSPS) is 10.9. The van der Waals surface area contributed by atoms with Gasteiger partial charge in [-0.1, -0.05) is 38.7 Å². The molecule has 2 aromatic rings. The number of rotatable bonds is 16. The molecule has 5 N–H and O–H groups in total. The fourth-order valence-electron chi connectivity index (χ4n) is 3.01. The van der Waals surface area contributed by atoms with Crippen molar-refractivity contribution in [1.82, 2.24) is 10.7 Å². The summed E-state index contributed by atoms with van der Waals surface area (Å²) >= 11 is 1.82. The Kier molecular flexibility index (Phi) is 12.1. The zero-order chi connectivity index (χ0) is 24.7. The summed E-state index contributed by atoms with van der Waals surface area (Å²) in [5.41, 5.74) is 6.26. The first kappa shape index (κ1) is 27.3. The molecule has 2 aromatic carbocycles. The average Bonchev–Trinajstić information content (AvgIpc) is 2.82. The highest BCUT2D eigenvalue weighted by molar-refractivity contribution is 7.99.